The Labute approximate surface area is 120 Å². The number of anilines is 2. The standard InChI is InChI=1S/C11H10ClFN4O2S/c1-14-11-15-9(12)6-10(16-11)17-20(18,19)8-4-2-7(13)3-5-8/h2-6H,1H3,(H2,14,15,16,17). The number of halogens is 2. The zero-order valence-corrected chi connectivity index (χ0v) is 11.8. The summed E-state index contributed by atoms with van der Waals surface area (Å²) in [4.78, 5) is 7.65. The maximum Gasteiger partial charge on any atom is 0.263 e. The van der Waals surface area contributed by atoms with E-state index < -0.39 is 15.8 Å². The van der Waals surface area contributed by atoms with Gasteiger partial charge in [0.2, 0.25) is 5.95 Å². The second-order valence-electron chi connectivity index (χ2n) is 3.71. The summed E-state index contributed by atoms with van der Waals surface area (Å²) < 4.78 is 39.2. The van der Waals surface area contributed by atoms with E-state index in [9.17, 15) is 12.8 Å². The molecule has 0 spiro atoms. The van der Waals surface area contributed by atoms with Crippen molar-refractivity contribution >= 4 is 33.4 Å². The molecular formula is C11H10ClFN4O2S. The van der Waals surface area contributed by atoms with Crippen molar-refractivity contribution in [3.8, 4) is 0 Å². The van der Waals surface area contributed by atoms with Crippen molar-refractivity contribution in [3.05, 3.63) is 41.3 Å². The second-order valence-corrected chi connectivity index (χ2v) is 5.78. The van der Waals surface area contributed by atoms with E-state index in [4.69, 9.17) is 11.6 Å². The number of nitrogens with zero attached hydrogens (tertiary/aromatic N) is 2. The molecule has 0 radical (unpaired) electrons. The zero-order valence-electron chi connectivity index (χ0n) is 10.3. The number of benzene rings is 1. The molecule has 2 rings (SSSR count). The second kappa shape index (κ2) is 5.59. The fourth-order valence-corrected chi connectivity index (χ4v) is 2.57. The first-order valence-corrected chi connectivity index (χ1v) is 7.27. The molecule has 0 bridgehead atoms. The van der Waals surface area contributed by atoms with Crippen LogP contribution >= 0.6 is 11.6 Å². The van der Waals surface area contributed by atoms with Gasteiger partial charge in [0.05, 0.1) is 4.90 Å². The summed E-state index contributed by atoms with van der Waals surface area (Å²) >= 11 is 5.75. The Morgan fingerprint density at radius 1 is 1.20 bits per heavy atom. The molecule has 0 aliphatic heterocycles. The van der Waals surface area contributed by atoms with Gasteiger partial charge in [0, 0.05) is 13.1 Å². The average molecular weight is 317 g/mol. The molecule has 0 atom stereocenters. The molecule has 0 aliphatic carbocycles. The first-order valence-electron chi connectivity index (χ1n) is 5.41. The summed E-state index contributed by atoms with van der Waals surface area (Å²) in [6, 6.07) is 5.68. The molecule has 9 heteroatoms. The van der Waals surface area contributed by atoms with E-state index in [2.05, 4.69) is 20.0 Å². The number of hydrogen-bond acceptors (Lipinski definition) is 5. The highest BCUT2D eigenvalue weighted by molar-refractivity contribution is 7.92. The molecule has 1 aromatic carbocycles. The van der Waals surface area contributed by atoms with Crippen LogP contribution < -0.4 is 10.0 Å². The summed E-state index contributed by atoms with van der Waals surface area (Å²) in [6.45, 7) is 0. The van der Waals surface area contributed by atoms with Crippen LogP contribution in [0.2, 0.25) is 5.15 Å². The van der Waals surface area contributed by atoms with Crippen molar-refractivity contribution in [3.63, 3.8) is 0 Å². The number of nitrogens with one attached hydrogen (secondary N) is 2. The van der Waals surface area contributed by atoms with Crippen molar-refractivity contribution in [1.82, 2.24) is 9.97 Å². The molecule has 0 saturated carbocycles. The minimum atomic E-state index is -3.87. The van der Waals surface area contributed by atoms with E-state index >= 15 is 0 Å². The van der Waals surface area contributed by atoms with Gasteiger partial charge in [-0.05, 0) is 24.3 Å². The van der Waals surface area contributed by atoms with Crippen molar-refractivity contribution in [2.75, 3.05) is 17.1 Å². The van der Waals surface area contributed by atoms with E-state index in [1.165, 1.54) is 6.07 Å². The minimum absolute atomic E-state index is 0.0127. The monoisotopic (exact) mass is 316 g/mol. The van der Waals surface area contributed by atoms with E-state index in [-0.39, 0.29) is 21.8 Å². The zero-order chi connectivity index (χ0) is 14.8. The van der Waals surface area contributed by atoms with Gasteiger partial charge in [0.25, 0.3) is 10.0 Å². The van der Waals surface area contributed by atoms with Crippen molar-refractivity contribution in [2.24, 2.45) is 0 Å². The van der Waals surface area contributed by atoms with Crippen LogP contribution in [-0.2, 0) is 10.0 Å². The SMILES string of the molecule is CNc1nc(Cl)cc(NS(=O)(=O)c2ccc(F)cc2)n1. The van der Waals surface area contributed by atoms with Gasteiger partial charge in [0.1, 0.15) is 16.8 Å². The van der Waals surface area contributed by atoms with Crippen molar-refractivity contribution < 1.29 is 12.8 Å². The molecule has 0 amide bonds. The highest BCUT2D eigenvalue weighted by Gasteiger charge is 2.15. The summed E-state index contributed by atoms with van der Waals surface area (Å²) in [5.74, 6) is -0.334. The van der Waals surface area contributed by atoms with Gasteiger partial charge < -0.3 is 5.32 Å². The van der Waals surface area contributed by atoms with Gasteiger partial charge in [-0.2, -0.15) is 4.98 Å². The van der Waals surface area contributed by atoms with Gasteiger partial charge in [-0.15, -0.1) is 0 Å². The minimum Gasteiger partial charge on any atom is -0.357 e. The first kappa shape index (κ1) is 14.5. The maximum absolute atomic E-state index is 12.8. The van der Waals surface area contributed by atoms with Crippen LogP contribution in [-0.4, -0.2) is 25.4 Å². The van der Waals surface area contributed by atoms with Gasteiger partial charge in [-0.3, -0.25) is 4.72 Å². The number of aromatic nitrogens is 2. The topological polar surface area (TPSA) is 84.0 Å². The van der Waals surface area contributed by atoms with Gasteiger partial charge in [-0.1, -0.05) is 11.6 Å². The molecule has 2 aromatic rings. The Morgan fingerprint density at radius 3 is 2.45 bits per heavy atom. The highest BCUT2D eigenvalue weighted by atomic mass is 35.5. The number of hydrogen-bond donors (Lipinski definition) is 2. The largest absolute Gasteiger partial charge is 0.357 e. The van der Waals surface area contributed by atoms with E-state index in [0.717, 1.165) is 24.3 Å². The Morgan fingerprint density at radius 2 is 1.85 bits per heavy atom. The first-order chi connectivity index (χ1) is 9.40. The van der Waals surface area contributed by atoms with Crippen LogP contribution in [0.1, 0.15) is 0 Å². The van der Waals surface area contributed by atoms with Crippen LogP contribution in [0.5, 0.6) is 0 Å². The number of sulfonamides is 1. The van der Waals surface area contributed by atoms with Crippen molar-refractivity contribution in [1.29, 1.82) is 0 Å². The number of rotatable bonds is 4. The summed E-state index contributed by atoms with van der Waals surface area (Å²) in [5, 5.41) is 2.73. The average Bonchev–Trinajstić information content (AvgIpc) is 2.37. The molecule has 106 valence electrons. The van der Waals surface area contributed by atoms with E-state index in [1.54, 1.807) is 7.05 Å². The van der Waals surface area contributed by atoms with E-state index in [1.807, 2.05) is 0 Å². The quantitative estimate of drug-likeness (QED) is 0.844. The predicted molar refractivity (Wildman–Crippen MR) is 73.8 cm³/mol. The van der Waals surface area contributed by atoms with E-state index in [0.29, 0.717) is 0 Å². The predicted octanol–water partition coefficient (Wildman–Crippen LogP) is 2.11. The van der Waals surface area contributed by atoms with Gasteiger partial charge in [-0.25, -0.2) is 17.8 Å². The third-order valence-electron chi connectivity index (χ3n) is 2.28. The molecule has 2 N–H and O–H groups in total. The van der Waals surface area contributed by atoms with Gasteiger partial charge >= 0.3 is 0 Å². The molecule has 0 fully saturated rings. The van der Waals surface area contributed by atoms with Crippen LogP contribution in [0.4, 0.5) is 16.2 Å². The smallest absolute Gasteiger partial charge is 0.263 e. The molecule has 20 heavy (non-hydrogen) atoms. The summed E-state index contributed by atoms with van der Waals surface area (Å²) in [5.41, 5.74) is 0. The lowest BCUT2D eigenvalue weighted by atomic mass is 10.4. The Balaban J connectivity index is 2.33. The lowest BCUT2D eigenvalue weighted by molar-refractivity contribution is 0.599. The molecule has 0 saturated heterocycles. The Bertz CT molecular complexity index is 722. The summed E-state index contributed by atoms with van der Waals surface area (Å²) in [6.07, 6.45) is 0. The normalized spacial score (nSPS) is 11.2. The van der Waals surface area contributed by atoms with Crippen LogP contribution in [0.25, 0.3) is 0 Å². The van der Waals surface area contributed by atoms with Crippen LogP contribution in [0, 0.1) is 5.82 Å². The molecule has 0 aliphatic rings. The summed E-state index contributed by atoms with van der Waals surface area (Å²) in [7, 11) is -2.29. The van der Waals surface area contributed by atoms with Crippen LogP contribution in [0.3, 0.4) is 0 Å². The lowest BCUT2D eigenvalue weighted by Gasteiger charge is -2.08. The third-order valence-corrected chi connectivity index (χ3v) is 3.85. The highest BCUT2D eigenvalue weighted by Crippen LogP contribution is 2.18. The Hall–Kier alpha value is -1.93. The molecule has 0 unspecified atom stereocenters. The van der Waals surface area contributed by atoms with Gasteiger partial charge in [0.15, 0.2) is 0 Å². The molecular weight excluding hydrogens is 307 g/mol. The fourth-order valence-electron chi connectivity index (χ4n) is 1.39. The molecule has 1 heterocycles. The molecule has 6 nitrogen and oxygen atoms in total. The molecule has 1 aromatic heterocycles. The Kier molecular flexibility index (Phi) is 4.05. The lowest BCUT2D eigenvalue weighted by Crippen LogP contribution is -2.14. The third kappa shape index (κ3) is 3.34. The maximum atomic E-state index is 12.8. The fraction of sp³-hybridized carbons (Fsp3) is 0.0909. The van der Waals surface area contributed by atoms with Crippen molar-refractivity contribution in [2.45, 2.75) is 4.90 Å². The van der Waals surface area contributed by atoms with Crippen LogP contribution in [0.15, 0.2) is 35.2 Å².